The molecule has 9 nitrogen and oxygen atoms in total. The van der Waals surface area contributed by atoms with Crippen LogP contribution in [0.25, 0.3) is 0 Å². The zero-order valence-electron chi connectivity index (χ0n) is 24.8. The predicted molar refractivity (Wildman–Crippen MR) is 158 cm³/mol. The molecule has 0 bridgehead atoms. The highest BCUT2D eigenvalue weighted by atomic mass is 19.4. The summed E-state index contributed by atoms with van der Waals surface area (Å²) in [5, 5.41) is 21.1. The number of aromatic nitrogens is 2. The van der Waals surface area contributed by atoms with Crippen LogP contribution >= 0.6 is 0 Å². The molecule has 1 amide bonds. The molecule has 2 aromatic carbocycles. The Morgan fingerprint density at radius 3 is 2.52 bits per heavy atom. The van der Waals surface area contributed by atoms with Crippen LogP contribution in [0.3, 0.4) is 0 Å². The van der Waals surface area contributed by atoms with Crippen LogP contribution in [0.4, 0.5) is 33.6 Å². The van der Waals surface area contributed by atoms with Gasteiger partial charge < -0.3 is 19.5 Å². The summed E-state index contributed by atoms with van der Waals surface area (Å²) in [6, 6.07) is 8.76. The monoisotopic (exact) mass is 644 g/mol. The number of nitrogens with one attached hydrogen (secondary N) is 1. The molecule has 46 heavy (non-hydrogen) atoms. The molecule has 3 heterocycles. The van der Waals surface area contributed by atoms with Crippen molar-refractivity contribution in [2.24, 2.45) is 11.8 Å². The van der Waals surface area contributed by atoms with Crippen LogP contribution in [-0.4, -0.2) is 64.2 Å². The normalized spacial score (nSPS) is 19.3. The Morgan fingerprint density at radius 2 is 1.85 bits per heavy atom. The van der Waals surface area contributed by atoms with Gasteiger partial charge in [0, 0.05) is 62.7 Å². The minimum Gasteiger partial charge on any atom is -0.481 e. The number of carboxylic acids is 1. The summed E-state index contributed by atoms with van der Waals surface area (Å²) in [7, 11) is 0. The first-order valence-electron chi connectivity index (χ1n) is 15.0. The van der Waals surface area contributed by atoms with E-state index in [1.807, 2.05) is 4.90 Å². The van der Waals surface area contributed by atoms with Crippen LogP contribution in [0, 0.1) is 34.8 Å². The number of hydrogen-bond acceptors (Lipinski definition) is 6. The number of carbonyl (C=O) groups excluding carboxylic acids is 1. The van der Waals surface area contributed by atoms with Gasteiger partial charge in [-0.25, -0.2) is 13.8 Å². The van der Waals surface area contributed by atoms with E-state index in [1.54, 1.807) is 15.7 Å². The van der Waals surface area contributed by atoms with Crippen molar-refractivity contribution in [3.8, 4) is 6.07 Å². The molecule has 0 radical (unpaired) electrons. The van der Waals surface area contributed by atoms with Gasteiger partial charge in [-0.2, -0.15) is 18.4 Å². The molecular weight excluding hydrogens is 611 g/mol. The standard InChI is InChI=1S/C32H33F5N6O3/c33-23-5-6-24(27(34)16-23)25-18-41(11-2-1-9-38)19-26(25)29(44)40-31-39-10-14-43(31)17-21-3-4-22(32(35,36)37)15-28(21)42-12-7-20(8-13-42)30(45)46/h3-6,10,14-16,20,25-26H,1-2,7-8,11-13,17-19H2,(H,45,46)(H,39,40,44)/t25-,26+/m0/s1. The third-order valence-corrected chi connectivity index (χ3v) is 8.75. The second-order valence-electron chi connectivity index (χ2n) is 11.7. The summed E-state index contributed by atoms with van der Waals surface area (Å²) in [6.07, 6.45) is -0.0814. The molecule has 3 aromatic rings. The maximum atomic E-state index is 14.9. The fraction of sp³-hybridized carbons (Fsp3) is 0.438. The van der Waals surface area contributed by atoms with E-state index in [4.69, 9.17) is 5.26 Å². The van der Waals surface area contributed by atoms with Crippen molar-refractivity contribution in [1.82, 2.24) is 14.5 Å². The maximum Gasteiger partial charge on any atom is 0.416 e. The number of aliphatic carboxylic acids is 1. The Hall–Kier alpha value is -4.51. The largest absolute Gasteiger partial charge is 0.481 e. The summed E-state index contributed by atoms with van der Waals surface area (Å²) in [6.45, 7) is 1.72. The Bertz CT molecular complexity index is 1610. The van der Waals surface area contributed by atoms with Gasteiger partial charge in [0.25, 0.3) is 0 Å². The number of carboxylic acid groups (broad SMARTS) is 1. The third kappa shape index (κ3) is 7.47. The third-order valence-electron chi connectivity index (χ3n) is 8.75. The number of alkyl halides is 3. The number of imidazole rings is 1. The van der Waals surface area contributed by atoms with Gasteiger partial charge in [0.1, 0.15) is 11.6 Å². The summed E-state index contributed by atoms with van der Waals surface area (Å²) in [5.41, 5.74) is 0.213. The molecule has 0 unspecified atom stereocenters. The molecule has 1 aromatic heterocycles. The zero-order chi connectivity index (χ0) is 33.0. The lowest BCUT2D eigenvalue weighted by molar-refractivity contribution is -0.142. The van der Waals surface area contributed by atoms with Gasteiger partial charge in [-0.3, -0.25) is 14.9 Å². The number of halogens is 5. The molecule has 2 aliphatic rings. The quantitative estimate of drug-likeness (QED) is 0.222. The predicted octanol–water partition coefficient (Wildman–Crippen LogP) is 5.49. The van der Waals surface area contributed by atoms with E-state index in [2.05, 4.69) is 16.4 Å². The van der Waals surface area contributed by atoms with Gasteiger partial charge in [-0.05, 0) is 55.1 Å². The molecule has 2 aliphatic heterocycles. The molecule has 14 heteroatoms. The van der Waals surface area contributed by atoms with Crippen molar-refractivity contribution in [2.45, 2.75) is 44.3 Å². The number of piperidine rings is 1. The number of hydrogen-bond donors (Lipinski definition) is 2. The molecule has 2 atom stereocenters. The van der Waals surface area contributed by atoms with Gasteiger partial charge in [0.05, 0.1) is 30.0 Å². The molecule has 2 fully saturated rings. The number of rotatable bonds is 10. The van der Waals surface area contributed by atoms with E-state index in [0.29, 0.717) is 50.0 Å². The Morgan fingerprint density at radius 1 is 1.09 bits per heavy atom. The highest BCUT2D eigenvalue weighted by molar-refractivity contribution is 5.92. The number of amides is 1. The topological polar surface area (TPSA) is 114 Å². The molecule has 2 saturated heterocycles. The van der Waals surface area contributed by atoms with Crippen molar-refractivity contribution < 1.29 is 36.6 Å². The number of benzene rings is 2. The number of carbonyl (C=O) groups is 2. The molecule has 244 valence electrons. The molecule has 0 spiro atoms. The smallest absolute Gasteiger partial charge is 0.416 e. The van der Waals surface area contributed by atoms with Crippen LogP contribution in [0.15, 0.2) is 48.8 Å². The average Bonchev–Trinajstić information content (AvgIpc) is 3.64. The van der Waals surface area contributed by atoms with Crippen molar-refractivity contribution in [2.75, 3.05) is 42.9 Å². The molecule has 5 rings (SSSR count). The van der Waals surface area contributed by atoms with Gasteiger partial charge >= 0.3 is 12.1 Å². The highest BCUT2D eigenvalue weighted by Crippen LogP contribution is 2.37. The molecule has 0 saturated carbocycles. The van der Waals surface area contributed by atoms with Gasteiger partial charge in [0.15, 0.2) is 0 Å². The number of nitriles is 1. The van der Waals surface area contributed by atoms with Crippen LogP contribution in [0.1, 0.15) is 48.3 Å². The summed E-state index contributed by atoms with van der Waals surface area (Å²) in [4.78, 5) is 33.1. The van der Waals surface area contributed by atoms with Crippen molar-refractivity contribution in [3.05, 3.63) is 77.1 Å². The lowest BCUT2D eigenvalue weighted by atomic mass is 9.88. The van der Waals surface area contributed by atoms with E-state index in [-0.39, 0.29) is 37.7 Å². The second-order valence-corrected chi connectivity index (χ2v) is 11.7. The van der Waals surface area contributed by atoms with Crippen molar-refractivity contribution in [1.29, 1.82) is 5.26 Å². The maximum absolute atomic E-state index is 14.9. The first-order valence-corrected chi connectivity index (χ1v) is 15.0. The SMILES string of the molecule is N#CCCCN1C[C@@H](C(=O)Nc2nccn2Cc2ccc(C(F)(F)F)cc2N2CCC(C(=O)O)CC2)[C@H](c2ccc(F)cc2F)C1. The summed E-state index contributed by atoms with van der Waals surface area (Å²) >= 11 is 0. The first-order chi connectivity index (χ1) is 21.9. The van der Waals surface area contributed by atoms with Crippen molar-refractivity contribution in [3.63, 3.8) is 0 Å². The second kappa shape index (κ2) is 13.9. The van der Waals surface area contributed by atoms with Gasteiger partial charge in [-0.1, -0.05) is 12.1 Å². The number of nitrogens with zero attached hydrogens (tertiary/aromatic N) is 5. The lowest BCUT2D eigenvalue weighted by Crippen LogP contribution is -2.37. The van der Waals surface area contributed by atoms with E-state index in [0.717, 1.165) is 24.3 Å². The Kier molecular flexibility index (Phi) is 9.91. The fourth-order valence-electron chi connectivity index (χ4n) is 6.32. The zero-order valence-corrected chi connectivity index (χ0v) is 24.8. The Labute approximate surface area is 262 Å². The lowest BCUT2D eigenvalue weighted by Gasteiger charge is -2.34. The highest BCUT2D eigenvalue weighted by Gasteiger charge is 2.40. The summed E-state index contributed by atoms with van der Waals surface area (Å²) in [5.74, 6) is -4.63. The van der Waals surface area contributed by atoms with Crippen LogP contribution in [0.5, 0.6) is 0 Å². The molecular formula is C32H33F5N6O3. The first kappa shape index (κ1) is 32.9. The Balaban J connectivity index is 1.37. The van der Waals surface area contributed by atoms with Gasteiger partial charge in [-0.15, -0.1) is 0 Å². The number of likely N-dealkylation sites (tertiary alicyclic amines) is 1. The van der Waals surface area contributed by atoms with Crippen LogP contribution in [0.2, 0.25) is 0 Å². The number of anilines is 2. The van der Waals surface area contributed by atoms with E-state index in [9.17, 15) is 36.6 Å². The molecule has 2 N–H and O–H groups in total. The number of unbranched alkanes of at least 4 members (excludes halogenated alkanes) is 1. The summed E-state index contributed by atoms with van der Waals surface area (Å²) < 4.78 is 71.1. The van der Waals surface area contributed by atoms with Gasteiger partial charge in [0.2, 0.25) is 11.9 Å². The van der Waals surface area contributed by atoms with E-state index in [1.165, 1.54) is 18.3 Å². The minimum atomic E-state index is -4.58. The average molecular weight is 645 g/mol. The van der Waals surface area contributed by atoms with Crippen LogP contribution < -0.4 is 10.2 Å². The van der Waals surface area contributed by atoms with E-state index >= 15 is 0 Å². The molecule has 0 aliphatic carbocycles. The fourth-order valence-corrected chi connectivity index (χ4v) is 6.32. The van der Waals surface area contributed by atoms with Crippen LogP contribution in [-0.2, 0) is 22.3 Å². The van der Waals surface area contributed by atoms with E-state index < -0.39 is 53.0 Å². The van der Waals surface area contributed by atoms with Crippen molar-refractivity contribution >= 4 is 23.5 Å². The minimum absolute atomic E-state index is 0.0584.